The number of hydrogen-bond acceptors (Lipinski definition) is 2. The highest BCUT2D eigenvalue weighted by atomic mass is 15.3. The molecule has 1 heterocycles. The van der Waals surface area contributed by atoms with Crippen LogP contribution in [0.25, 0.3) is 11.1 Å². The van der Waals surface area contributed by atoms with Gasteiger partial charge in [0, 0.05) is 18.5 Å². The van der Waals surface area contributed by atoms with Crippen LogP contribution in [0.1, 0.15) is 42.0 Å². The zero-order valence-electron chi connectivity index (χ0n) is 13.1. The molecule has 2 fully saturated rings. The van der Waals surface area contributed by atoms with Gasteiger partial charge in [0.2, 0.25) is 0 Å². The van der Waals surface area contributed by atoms with Crippen molar-refractivity contribution in [1.82, 2.24) is 9.78 Å². The van der Waals surface area contributed by atoms with Crippen molar-refractivity contribution >= 4 is 5.82 Å². The Balaban J connectivity index is 1.81. The number of fused-ring (bicyclic) bond motifs is 1. The van der Waals surface area contributed by atoms with E-state index in [2.05, 4.69) is 32.0 Å². The molecule has 3 heteroatoms. The molecule has 1 aromatic carbocycles. The molecule has 2 unspecified atom stereocenters. The molecule has 1 aromatic heterocycles. The second kappa shape index (κ2) is 4.36. The Hall–Kier alpha value is -1.77. The Morgan fingerprint density at radius 3 is 2.48 bits per heavy atom. The lowest BCUT2D eigenvalue weighted by atomic mass is 9.92. The summed E-state index contributed by atoms with van der Waals surface area (Å²) in [6.45, 7) is 4.31. The molecule has 0 bridgehead atoms. The number of anilines is 1. The molecule has 110 valence electrons. The minimum atomic E-state index is 0.605. The summed E-state index contributed by atoms with van der Waals surface area (Å²) in [6.07, 6.45) is 4.05. The molecule has 0 aliphatic heterocycles. The van der Waals surface area contributed by atoms with Crippen molar-refractivity contribution in [2.45, 2.75) is 39.0 Å². The van der Waals surface area contributed by atoms with Crippen LogP contribution in [0.4, 0.5) is 5.82 Å². The lowest BCUT2D eigenvalue weighted by Crippen LogP contribution is -2.00. The molecule has 3 nitrogen and oxygen atoms in total. The minimum absolute atomic E-state index is 0.605. The molecule has 2 N–H and O–H groups in total. The Labute approximate surface area is 126 Å². The zero-order valence-corrected chi connectivity index (χ0v) is 13.1. The van der Waals surface area contributed by atoms with Crippen molar-refractivity contribution in [1.29, 1.82) is 0 Å². The van der Waals surface area contributed by atoms with Crippen molar-refractivity contribution in [2.24, 2.45) is 18.9 Å². The molecule has 21 heavy (non-hydrogen) atoms. The molecule has 0 amide bonds. The molecule has 2 aliphatic carbocycles. The molecule has 4 rings (SSSR count). The second-order valence-electron chi connectivity index (χ2n) is 6.99. The van der Waals surface area contributed by atoms with Crippen molar-refractivity contribution in [3.05, 3.63) is 35.0 Å². The largest absolute Gasteiger partial charge is 0.383 e. The van der Waals surface area contributed by atoms with E-state index in [1.54, 1.807) is 0 Å². The number of aromatic nitrogens is 2. The van der Waals surface area contributed by atoms with Gasteiger partial charge in [-0.15, -0.1) is 0 Å². The number of benzene rings is 1. The van der Waals surface area contributed by atoms with Gasteiger partial charge in [0.1, 0.15) is 5.82 Å². The van der Waals surface area contributed by atoms with Crippen molar-refractivity contribution in [3.8, 4) is 11.1 Å². The molecule has 0 spiro atoms. The average molecular weight is 281 g/mol. The van der Waals surface area contributed by atoms with Gasteiger partial charge in [-0.25, -0.2) is 0 Å². The highest BCUT2D eigenvalue weighted by Gasteiger charge is 2.47. The van der Waals surface area contributed by atoms with E-state index in [1.807, 2.05) is 11.7 Å². The Morgan fingerprint density at radius 2 is 1.81 bits per heavy atom. The lowest BCUT2D eigenvalue weighted by Gasteiger charge is -2.12. The maximum Gasteiger partial charge on any atom is 0.129 e. The van der Waals surface area contributed by atoms with E-state index in [0.29, 0.717) is 5.92 Å². The van der Waals surface area contributed by atoms with Gasteiger partial charge in [-0.05, 0) is 61.6 Å². The molecule has 0 saturated heterocycles. The monoisotopic (exact) mass is 281 g/mol. The van der Waals surface area contributed by atoms with E-state index in [4.69, 9.17) is 10.8 Å². The normalized spacial score (nSPS) is 26.9. The quantitative estimate of drug-likeness (QED) is 0.910. The first-order chi connectivity index (χ1) is 10.0. The smallest absolute Gasteiger partial charge is 0.129 e. The molecular formula is C18H23N3. The predicted octanol–water partition coefficient (Wildman–Crippen LogP) is 3.80. The van der Waals surface area contributed by atoms with E-state index in [1.165, 1.54) is 47.2 Å². The van der Waals surface area contributed by atoms with Crippen LogP contribution in [-0.2, 0) is 7.05 Å². The first-order valence-electron chi connectivity index (χ1n) is 7.94. The summed E-state index contributed by atoms with van der Waals surface area (Å²) in [5.41, 5.74) is 12.6. The first-order valence-corrected chi connectivity index (χ1v) is 7.94. The zero-order chi connectivity index (χ0) is 14.7. The third-order valence-corrected chi connectivity index (χ3v) is 5.54. The summed E-state index contributed by atoms with van der Waals surface area (Å²) < 4.78 is 1.85. The number of rotatable bonds is 2. The third kappa shape index (κ3) is 1.98. The SMILES string of the molecule is Cc1ccc(-c2c(C3CC4CC4C3)nn(C)c2N)cc1C. The maximum absolute atomic E-state index is 6.34. The van der Waals surface area contributed by atoms with Crippen LogP contribution < -0.4 is 5.73 Å². The maximum atomic E-state index is 6.34. The first kappa shape index (κ1) is 12.9. The van der Waals surface area contributed by atoms with Gasteiger partial charge in [0.25, 0.3) is 0 Å². The van der Waals surface area contributed by atoms with Gasteiger partial charge in [0.15, 0.2) is 0 Å². The molecule has 2 aliphatic rings. The van der Waals surface area contributed by atoms with Crippen LogP contribution in [0.2, 0.25) is 0 Å². The molecule has 2 atom stereocenters. The summed E-state index contributed by atoms with van der Waals surface area (Å²) >= 11 is 0. The van der Waals surface area contributed by atoms with E-state index in [9.17, 15) is 0 Å². The number of hydrogen-bond donors (Lipinski definition) is 1. The summed E-state index contributed by atoms with van der Waals surface area (Å²) in [5.74, 6) is 3.33. The van der Waals surface area contributed by atoms with Crippen LogP contribution in [0, 0.1) is 25.7 Å². The van der Waals surface area contributed by atoms with E-state index in [-0.39, 0.29) is 0 Å². The van der Waals surface area contributed by atoms with Gasteiger partial charge >= 0.3 is 0 Å². The molecule has 2 aromatic rings. The second-order valence-corrected chi connectivity index (χ2v) is 6.99. The van der Waals surface area contributed by atoms with Gasteiger partial charge in [-0.1, -0.05) is 18.2 Å². The fraction of sp³-hybridized carbons (Fsp3) is 0.500. The van der Waals surface area contributed by atoms with E-state index in [0.717, 1.165) is 17.7 Å². The summed E-state index contributed by atoms with van der Waals surface area (Å²) in [5, 5.41) is 4.77. The van der Waals surface area contributed by atoms with E-state index >= 15 is 0 Å². The van der Waals surface area contributed by atoms with Crippen molar-refractivity contribution in [2.75, 3.05) is 5.73 Å². The fourth-order valence-electron chi connectivity index (χ4n) is 3.97. The molecule has 0 radical (unpaired) electrons. The summed E-state index contributed by atoms with van der Waals surface area (Å²) in [4.78, 5) is 0. The predicted molar refractivity (Wildman–Crippen MR) is 86.1 cm³/mol. The van der Waals surface area contributed by atoms with Gasteiger partial charge in [-0.2, -0.15) is 5.10 Å². The number of aryl methyl sites for hydroxylation is 3. The van der Waals surface area contributed by atoms with Crippen LogP contribution >= 0.6 is 0 Å². The highest BCUT2D eigenvalue weighted by molar-refractivity contribution is 5.78. The van der Waals surface area contributed by atoms with Gasteiger partial charge in [0.05, 0.1) is 5.69 Å². The topological polar surface area (TPSA) is 43.8 Å². The van der Waals surface area contributed by atoms with Crippen LogP contribution in [-0.4, -0.2) is 9.78 Å². The van der Waals surface area contributed by atoms with Crippen molar-refractivity contribution < 1.29 is 0 Å². The van der Waals surface area contributed by atoms with Gasteiger partial charge in [-0.3, -0.25) is 4.68 Å². The van der Waals surface area contributed by atoms with Crippen LogP contribution in [0.5, 0.6) is 0 Å². The van der Waals surface area contributed by atoms with Crippen LogP contribution in [0.15, 0.2) is 18.2 Å². The molecule has 2 saturated carbocycles. The number of nitrogens with zero attached hydrogens (tertiary/aromatic N) is 2. The van der Waals surface area contributed by atoms with Crippen molar-refractivity contribution in [3.63, 3.8) is 0 Å². The van der Waals surface area contributed by atoms with Crippen LogP contribution in [0.3, 0.4) is 0 Å². The Morgan fingerprint density at radius 1 is 1.10 bits per heavy atom. The number of nitrogen functional groups attached to an aromatic ring is 1. The third-order valence-electron chi connectivity index (χ3n) is 5.54. The minimum Gasteiger partial charge on any atom is -0.383 e. The Kier molecular flexibility index (Phi) is 2.69. The Bertz CT molecular complexity index is 703. The van der Waals surface area contributed by atoms with E-state index < -0.39 is 0 Å². The number of nitrogens with two attached hydrogens (primary N) is 1. The van der Waals surface area contributed by atoms with Gasteiger partial charge < -0.3 is 5.73 Å². The summed E-state index contributed by atoms with van der Waals surface area (Å²) in [6, 6.07) is 6.63. The molecular weight excluding hydrogens is 258 g/mol. The standard InChI is InChI=1S/C18H23N3/c1-10-4-5-12(6-11(10)2)16-17(20-21(3)18(16)19)15-8-13-7-14(13)9-15/h4-6,13-15H,7-9,19H2,1-3H3. The average Bonchev–Trinajstić information content (AvgIpc) is 2.95. The highest BCUT2D eigenvalue weighted by Crippen LogP contribution is 2.58. The fourth-order valence-corrected chi connectivity index (χ4v) is 3.97. The summed E-state index contributed by atoms with van der Waals surface area (Å²) in [7, 11) is 1.96. The lowest BCUT2D eigenvalue weighted by molar-refractivity contribution is 0.594.